The molecule has 1 saturated carbocycles. The molecule has 7 atom stereocenters. The van der Waals surface area contributed by atoms with Crippen LogP contribution >= 0.6 is 0 Å². The van der Waals surface area contributed by atoms with Gasteiger partial charge in [0.25, 0.3) is 5.88 Å². The second kappa shape index (κ2) is 9.05. The SMILES string of the molecule is COc1nc(C2CC(NC(=O)N3C4CC(C)CC3(c3nnc(C)o3)C4)C(F)CC2C(F)(F)F)ncc1F. The lowest BCUT2D eigenvalue weighted by Crippen LogP contribution is -2.72. The lowest BCUT2D eigenvalue weighted by molar-refractivity contribution is -0.194. The molecule has 1 aliphatic carbocycles. The molecule has 3 fully saturated rings. The summed E-state index contributed by atoms with van der Waals surface area (Å²) in [4.78, 5) is 22.6. The van der Waals surface area contributed by atoms with Crippen LogP contribution in [0.15, 0.2) is 10.6 Å². The monoisotopic (exact) mass is 530 g/mol. The molecular weight excluding hydrogens is 503 g/mol. The van der Waals surface area contributed by atoms with Gasteiger partial charge < -0.3 is 19.4 Å². The number of methoxy groups -OCH3 is 1. The van der Waals surface area contributed by atoms with Crippen LogP contribution in [0.5, 0.6) is 5.88 Å². The van der Waals surface area contributed by atoms with E-state index in [1.165, 1.54) is 0 Å². The summed E-state index contributed by atoms with van der Waals surface area (Å²) in [5.74, 6) is -4.35. The third-order valence-electron chi connectivity index (χ3n) is 7.80. The number of amides is 2. The number of carbonyl (C=O) groups excluding carboxylic acids is 1. The Labute approximate surface area is 209 Å². The summed E-state index contributed by atoms with van der Waals surface area (Å²) in [5.41, 5.74) is -0.838. The number of halogens is 5. The van der Waals surface area contributed by atoms with Crippen LogP contribution in [0.25, 0.3) is 0 Å². The number of rotatable bonds is 4. The number of aryl methyl sites for hydroxylation is 1. The number of fused-ring (bicyclic) bond motifs is 2. The van der Waals surface area contributed by atoms with E-state index in [-0.39, 0.29) is 17.8 Å². The number of nitrogens with one attached hydrogen (secondary N) is 1. The molecule has 0 spiro atoms. The second-order valence-corrected chi connectivity index (χ2v) is 10.3. The maximum atomic E-state index is 15.1. The number of nitrogens with zero attached hydrogens (tertiary/aromatic N) is 5. The van der Waals surface area contributed by atoms with Gasteiger partial charge in [-0.1, -0.05) is 6.92 Å². The van der Waals surface area contributed by atoms with Gasteiger partial charge in [0.2, 0.25) is 17.6 Å². The molecule has 7 unspecified atom stereocenters. The van der Waals surface area contributed by atoms with E-state index in [1.807, 2.05) is 0 Å². The van der Waals surface area contributed by atoms with E-state index in [2.05, 4.69) is 32.4 Å². The summed E-state index contributed by atoms with van der Waals surface area (Å²) in [6, 6.07) is -1.98. The maximum absolute atomic E-state index is 15.1. The van der Waals surface area contributed by atoms with Crippen LogP contribution in [0, 0.1) is 24.6 Å². The van der Waals surface area contributed by atoms with E-state index in [0.29, 0.717) is 24.6 Å². The standard InChI is InChI=1S/C23H27F5N6O3/c1-10-4-12-8-22(7-10,20-33-32-11(2)37-20)34(12)21(35)30-17-5-13(14(6-15(17)24)23(26,27)28)18-29-9-16(25)19(31-18)36-3/h9-10,12-15,17H,4-8H2,1-3H3,(H,30,35). The van der Waals surface area contributed by atoms with Crippen molar-refractivity contribution in [3.8, 4) is 5.88 Å². The molecule has 14 heteroatoms. The van der Waals surface area contributed by atoms with Crippen LogP contribution in [0.3, 0.4) is 0 Å². The molecule has 4 heterocycles. The molecule has 2 bridgehead atoms. The normalized spacial score (nSPS) is 33.6. The zero-order chi connectivity index (χ0) is 26.7. The minimum atomic E-state index is -4.75. The van der Waals surface area contributed by atoms with Gasteiger partial charge in [-0.05, 0) is 31.6 Å². The van der Waals surface area contributed by atoms with Crippen LogP contribution in [0.1, 0.15) is 62.6 Å². The van der Waals surface area contributed by atoms with E-state index in [4.69, 9.17) is 9.15 Å². The van der Waals surface area contributed by atoms with Crippen LogP contribution in [-0.4, -0.2) is 62.6 Å². The molecule has 9 nitrogen and oxygen atoms in total. The molecule has 5 rings (SSSR count). The summed E-state index contributed by atoms with van der Waals surface area (Å²) in [6.07, 6.45) is -5.39. The number of carbonyl (C=O) groups is 1. The average Bonchev–Trinajstić information content (AvgIpc) is 3.26. The fraction of sp³-hybridized carbons (Fsp3) is 0.696. The van der Waals surface area contributed by atoms with Crippen molar-refractivity contribution in [1.82, 2.24) is 30.4 Å². The van der Waals surface area contributed by atoms with Gasteiger partial charge in [-0.15, -0.1) is 10.2 Å². The van der Waals surface area contributed by atoms with Crippen molar-refractivity contribution in [2.45, 2.75) is 81.8 Å². The summed E-state index contributed by atoms with van der Waals surface area (Å²) in [7, 11) is 1.13. The average molecular weight is 530 g/mol. The molecule has 2 saturated heterocycles. The Balaban J connectivity index is 1.40. The highest BCUT2D eigenvalue weighted by atomic mass is 19.4. The van der Waals surface area contributed by atoms with Gasteiger partial charge in [0, 0.05) is 25.3 Å². The van der Waals surface area contributed by atoms with E-state index in [9.17, 15) is 22.4 Å². The number of alkyl halides is 4. The van der Waals surface area contributed by atoms with E-state index >= 15 is 4.39 Å². The first kappa shape index (κ1) is 25.6. The Morgan fingerprint density at radius 1 is 1.24 bits per heavy atom. The smallest absolute Gasteiger partial charge is 0.392 e. The van der Waals surface area contributed by atoms with Crippen molar-refractivity contribution in [3.63, 3.8) is 0 Å². The van der Waals surface area contributed by atoms with Crippen molar-refractivity contribution in [3.05, 3.63) is 29.6 Å². The highest BCUT2D eigenvalue weighted by molar-refractivity contribution is 5.77. The largest absolute Gasteiger partial charge is 0.479 e. The zero-order valence-corrected chi connectivity index (χ0v) is 20.4. The Hall–Kier alpha value is -3.06. The van der Waals surface area contributed by atoms with Crippen LogP contribution in [0.2, 0.25) is 0 Å². The first-order valence-corrected chi connectivity index (χ1v) is 12.1. The summed E-state index contributed by atoms with van der Waals surface area (Å²) in [5, 5.41) is 10.6. The van der Waals surface area contributed by atoms with Gasteiger partial charge in [0.1, 0.15) is 17.5 Å². The lowest BCUT2D eigenvalue weighted by Gasteiger charge is -2.61. The fourth-order valence-corrected chi connectivity index (χ4v) is 6.30. The quantitative estimate of drug-likeness (QED) is 0.591. The number of aromatic nitrogens is 4. The molecule has 2 aliphatic heterocycles. The second-order valence-electron chi connectivity index (χ2n) is 10.3. The van der Waals surface area contributed by atoms with Crippen molar-refractivity contribution in [2.24, 2.45) is 11.8 Å². The van der Waals surface area contributed by atoms with Gasteiger partial charge in [-0.2, -0.15) is 22.5 Å². The first-order chi connectivity index (χ1) is 17.4. The van der Waals surface area contributed by atoms with Crippen molar-refractivity contribution in [2.75, 3.05) is 7.11 Å². The summed E-state index contributed by atoms with van der Waals surface area (Å²) in [6.45, 7) is 3.69. The van der Waals surface area contributed by atoms with Crippen molar-refractivity contribution in [1.29, 1.82) is 0 Å². The highest BCUT2D eigenvalue weighted by Gasteiger charge is 2.62. The Bertz CT molecular complexity index is 1180. The number of hydrogen-bond acceptors (Lipinski definition) is 7. The molecule has 37 heavy (non-hydrogen) atoms. The van der Waals surface area contributed by atoms with Crippen molar-refractivity contribution >= 4 is 6.03 Å². The van der Waals surface area contributed by atoms with E-state index in [0.717, 1.165) is 19.7 Å². The van der Waals surface area contributed by atoms with Crippen LogP contribution in [-0.2, 0) is 5.54 Å². The highest BCUT2D eigenvalue weighted by Crippen LogP contribution is 2.55. The van der Waals surface area contributed by atoms with Crippen LogP contribution in [0.4, 0.5) is 26.7 Å². The van der Waals surface area contributed by atoms with E-state index < -0.39 is 66.3 Å². The topological polar surface area (TPSA) is 106 Å². The first-order valence-electron chi connectivity index (χ1n) is 12.1. The number of piperidine rings is 1. The van der Waals surface area contributed by atoms with Gasteiger partial charge in [0.15, 0.2) is 0 Å². The van der Waals surface area contributed by atoms with Gasteiger partial charge >= 0.3 is 12.2 Å². The Morgan fingerprint density at radius 2 is 2.00 bits per heavy atom. The molecule has 2 aromatic rings. The fourth-order valence-electron chi connectivity index (χ4n) is 6.30. The van der Waals surface area contributed by atoms with Gasteiger partial charge in [-0.3, -0.25) is 0 Å². The Morgan fingerprint density at radius 3 is 2.65 bits per heavy atom. The number of ether oxygens (including phenoxy) is 1. The van der Waals surface area contributed by atoms with E-state index in [1.54, 1.807) is 11.8 Å². The molecule has 1 N–H and O–H groups in total. The van der Waals surface area contributed by atoms with Crippen LogP contribution < -0.4 is 10.1 Å². The third kappa shape index (κ3) is 4.37. The van der Waals surface area contributed by atoms with Crippen molar-refractivity contribution < 1.29 is 35.9 Å². The lowest BCUT2D eigenvalue weighted by atomic mass is 9.64. The third-order valence-corrected chi connectivity index (χ3v) is 7.80. The van der Waals surface area contributed by atoms with Gasteiger partial charge in [0.05, 0.1) is 25.3 Å². The zero-order valence-electron chi connectivity index (χ0n) is 20.4. The summed E-state index contributed by atoms with van der Waals surface area (Å²) < 4.78 is 81.1. The number of hydrogen-bond donors (Lipinski definition) is 1. The predicted molar refractivity (Wildman–Crippen MR) is 117 cm³/mol. The molecule has 0 radical (unpaired) electrons. The minimum Gasteiger partial charge on any atom is -0.479 e. The Kier molecular flexibility index (Phi) is 6.26. The maximum Gasteiger partial charge on any atom is 0.392 e. The number of urea groups is 1. The molecule has 3 aliphatic rings. The molecule has 2 amide bonds. The van der Waals surface area contributed by atoms with Gasteiger partial charge in [-0.25, -0.2) is 14.2 Å². The molecular formula is C23H27F5N6O3. The molecule has 202 valence electrons. The molecule has 2 aromatic heterocycles. The summed E-state index contributed by atoms with van der Waals surface area (Å²) >= 11 is 0. The molecule has 0 aromatic carbocycles. The predicted octanol–water partition coefficient (Wildman–Crippen LogP) is 4.19. The minimum absolute atomic E-state index is 0.138.